The van der Waals surface area contributed by atoms with Crippen LogP contribution in [0, 0.1) is 17.8 Å². The van der Waals surface area contributed by atoms with Gasteiger partial charge in [0, 0.05) is 5.92 Å². The van der Waals surface area contributed by atoms with E-state index in [-0.39, 0.29) is 11.8 Å². The summed E-state index contributed by atoms with van der Waals surface area (Å²) in [7, 11) is 0. The molecule has 0 aliphatic heterocycles. The van der Waals surface area contributed by atoms with E-state index in [0.717, 1.165) is 18.6 Å². The van der Waals surface area contributed by atoms with Gasteiger partial charge in [0.25, 0.3) is 0 Å². The third kappa shape index (κ3) is 2.76. The Hall–Kier alpha value is -0.710. The first-order valence-corrected chi connectivity index (χ1v) is 7.56. The van der Waals surface area contributed by atoms with E-state index in [0.29, 0.717) is 18.3 Å². The number of carbonyl (C=O) groups excluding carboxylic acids is 1. The molecule has 2 unspecified atom stereocenters. The van der Waals surface area contributed by atoms with Crippen LogP contribution in [0.25, 0.3) is 0 Å². The van der Waals surface area contributed by atoms with E-state index in [9.17, 15) is 9.59 Å². The number of thioether (sulfide) groups is 1. The summed E-state index contributed by atoms with van der Waals surface area (Å²) < 4.78 is 0. The van der Waals surface area contributed by atoms with Crippen LogP contribution in [0.1, 0.15) is 25.7 Å². The normalized spacial score (nSPS) is 31.7. The highest BCUT2D eigenvalue weighted by molar-refractivity contribution is 7.98. The first kappa shape index (κ1) is 12.7. The maximum atomic E-state index is 11.9. The quantitative estimate of drug-likeness (QED) is 0.754. The van der Waals surface area contributed by atoms with Gasteiger partial charge in [-0.2, -0.15) is 11.8 Å². The predicted octanol–water partition coefficient (Wildman–Crippen LogP) is 1.35. The van der Waals surface area contributed by atoms with Gasteiger partial charge in [-0.3, -0.25) is 4.79 Å². The third-order valence-corrected chi connectivity index (χ3v) is 4.58. The maximum Gasteiger partial charge on any atom is 0.326 e. The van der Waals surface area contributed by atoms with Crippen molar-refractivity contribution < 1.29 is 14.7 Å². The fourth-order valence-corrected chi connectivity index (χ4v) is 3.44. The summed E-state index contributed by atoms with van der Waals surface area (Å²) in [6.07, 6.45) is 5.96. The van der Waals surface area contributed by atoms with Gasteiger partial charge in [-0.05, 0) is 43.1 Å². The highest BCUT2D eigenvalue weighted by atomic mass is 32.2. The Morgan fingerprint density at radius 3 is 2.59 bits per heavy atom. The molecule has 0 spiro atoms. The number of carboxylic acids is 1. The van der Waals surface area contributed by atoms with Gasteiger partial charge < -0.3 is 10.4 Å². The lowest BCUT2D eigenvalue weighted by molar-refractivity contribution is -0.142. The van der Waals surface area contributed by atoms with Crippen molar-refractivity contribution in [3.8, 4) is 0 Å². The van der Waals surface area contributed by atoms with Crippen LogP contribution in [-0.2, 0) is 9.59 Å². The lowest BCUT2D eigenvalue weighted by atomic mass is 10.1. The Labute approximate surface area is 106 Å². The standard InChI is InChI=1S/C12H19NO3S/c1-17-6-5-9(12(15)16)13-11(14)10-7-3-2-4-8(7)10/h7-10H,2-6H2,1H3,(H,13,14)(H,15,16)/t7?,8?,9-,10?/m0/s1. The smallest absolute Gasteiger partial charge is 0.326 e. The Balaban J connectivity index is 1.81. The van der Waals surface area contributed by atoms with Gasteiger partial charge >= 0.3 is 5.97 Å². The molecule has 3 atom stereocenters. The van der Waals surface area contributed by atoms with Crippen LogP contribution >= 0.6 is 11.8 Å². The molecule has 0 saturated heterocycles. The minimum Gasteiger partial charge on any atom is -0.480 e. The first-order valence-electron chi connectivity index (χ1n) is 6.17. The molecule has 2 fully saturated rings. The summed E-state index contributed by atoms with van der Waals surface area (Å²) in [4.78, 5) is 22.9. The van der Waals surface area contributed by atoms with E-state index in [1.165, 1.54) is 6.42 Å². The molecule has 4 nitrogen and oxygen atoms in total. The number of carboxylic acid groups (broad SMARTS) is 1. The van der Waals surface area contributed by atoms with Crippen LogP contribution in [0.15, 0.2) is 0 Å². The maximum absolute atomic E-state index is 11.9. The number of amides is 1. The summed E-state index contributed by atoms with van der Waals surface area (Å²) in [5.41, 5.74) is 0. The number of aliphatic carboxylic acids is 1. The highest BCUT2D eigenvalue weighted by Crippen LogP contribution is 2.57. The van der Waals surface area contributed by atoms with Crippen LogP contribution in [0.2, 0.25) is 0 Å². The van der Waals surface area contributed by atoms with E-state index < -0.39 is 12.0 Å². The SMILES string of the molecule is CSCC[C@H](NC(=O)C1C2CCCC21)C(=O)O. The molecule has 5 heteroatoms. The van der Waals surface area contributed by atoms with Gasteiger partial charge in [-0.25, -0.2) is 4.79 Å². The molecular weight excluding hydrogens is 238 g/mol. The summed E-state index contributed by atoms with van der Waals surface area (Å²) >= 11 is 1.60. The van der Waals surface area contributed by atoms with E-state index in [1.807, 2.05) is 6.26 Å². The molecule has 0 aromatic carbocycles. The molecule has 2 rings (SSSR count). The van der Waals surface area contributed by atoms with Crippen LogP contribution in [-0.4, -0.2) is 35.0 Å². The minimum atomic E-state index is -0.918. The van der Waals surface area contributed by atoms with Crippen LogP contribution in [0.4, 0.5) is 0 Å². The number of hydrogen-bond donors (Lipinski definition) is 2. The van der Waals surface area contributed by atoms with Gasteiger partial charge in [0.1, 0.15) is 6.04 Å². The highest BCUT2D eigenvalue weighted by Gasteiger charge is 2.56. The molecule has 0 radical (unpaired) electrons. The van der Waals surface area contributed by atoms with Crippen LogP contribution < -0.4 is 5.32 Å². The molecule has 17 heavy (non-hydrogen) atoms. The zero-order chi connectivity index (χ0) is 12.4. The van der Waals surface area contributed by atoms with E-state index in [4.69, 9.17) is 5.11 Å². The fraction of sp³-hybridized carbons (Fsp3) is 0.833. The zero-order valence-corrected chi connectivity index (χ0v) is 10.8. The van der Waals surface area contributed by atoms with E-state index in [2.05, 4.69) is 5.32 Å². The minimum absolute atomic E-state index is 0.0341. The third-order valence-electron chi connectivity index (χ3n) is 3.93. The lowest BCUT2D eigenvalue weighted by Crippen LogP contribution is -2.42. The predicted molar refractivity (Wildman–Crippen MR) is 66.9 cm³/mol. The number of carbonyl (C=O) groups is 2. The van der Waals surface area contributed by atoms with Crippen molar-refractivity contribution in [3.05, 3.63) is 0 Å². The van der Waals surface area contributed by atoms with Crippen molar-refractivity contribution in [2.45, 2.75) is 31.7 Å². The number of nitrogens with one attached hydrogen (secondary N) is 1. The molecule has 2 N–H and O–H groups in total. The second kappa shape index (κ2) is 5.29. The van der Waals surface area contributed by atoms with Crippen LogP contribution in [0.3, 0.4) is 0 Å². The molecule has 0 heterocycles. The summed E-state index contributed by atoms with van der Waals surface area (Å²) in [6.45, 7) is 0. The largest absolute Gasteiger partial charge is 0.480 e. The Bertz CT molecular complexity index is 311. The van der Waals surface area contributed by atoms with E-state index >= 15 is 0 Å². The molecule has 1 amide bonds. The van der Waals surface area contributed by atoms with Gasteiger partial charge in [-0.15, -0.1) is 0 Å². The van der Waals surface area contributed by atoms with Gasteiger partial charge in [0.2, 0.25) is 5.91 Å². The molecule has 0 aromatic heterocycles. The summed E-state index contributed by atoms with van der Waals surface area (Å²) in [5, 5.41) is 11.7. The first-order chi connectivity index (χ1) is 8.15. The Morgan fingerprint density at radius 1 is 1.41 bits per heavy atom. The fourth-order valence-electron chi connectivity index (χ4n) is 2.97. The average Bonchev–Trinajstić information content (AvgIpc) is 2.78. The van der Waals surface area contributed by atoms with Gasteiger partial charge in [-0.1, -0.05) is 6.42 Å². The average molecular weight is 257 g/mol. The summed E-state index contributed by atoms with van der Waals surface area (Å²) in [5.74, 6) is 1.01. The number of hydrogen-bond acceptors (Lipinski definition) is 3. The Morgan fingerprint density at radius 2 is 2.06 bits per heavy atom. The second-order valence-electron chi connectivity index (χ2n) is 4.97. The molecule has 2 aliphatic rings. The van der Waals surface area contributed by atoms with Crippen LogP contribution in [0.5, 0.6) is 0 Å². The summed E-state index contributed by atoms with van der Waals surface area (Å²) in [6, 6.07) is -0.712. The van der Waals surface area contributed by atoms with Crippen molar-refractivity contribution >= 4 is 23.6 Å². The van der Waals surface area contributed by atoms with Crippen molar-refractivity contribution in [3.63, 3.8) is 0 Å². The number of rotatable bonds is 6. The molecule has 0 aromatic rings. The zero-order valence-electron chi connectivity index (χ0n) is 10.0. The van der Waals surface area contributed by atoms with E-state index in [1.54, 1.807) is 11.8 Å². The monoisotopic (exact) mass is 257 g/mol. The number of fused-ring (bicyclic) bond motifs is 1. The lowest BCUT2D eigenvalue weighted by Gasteiger charge is -2.14. The van der Waals surface area contributed by atoms with Crippen molar-refractivity contribution in [2.75, 3.05) is 12.0 Å². The van der Waals surface area contributed by atoms with Crippen molar-refractivity contribution in [1.82, 2.24) is 5.32 Å². The Kier molecular flexibility index (Phi) is 3.97. The molecule has 2 aliphatic carbocycles. The van der Waals surface area contributed by atoms with Gasteiger partial charge in [0.15, 0.2) is 0 Å². The molecule has 2 saturated carbocycles. The topological polar surface area (TPSA) is 66.4 Å². The second-order valence-corrected chi connectivity index (χ2v) is 5.95. The van der Waals surface area contributed by atoms with Crippen molar-refractivity contribution in [1.29, 1.82) is 0 Å². The van der Waals surface area contributed by atoms with Crippen molar-refractivity contribution in [2.24, 2.45) is 17.8 Å². The molecular formula is C12H19NO3S. The van der Waals surface area contributed by atoms with Gasteiger partial charge in [0.05, 0.1) is 0 Å². The molecule has 0 bridgehead atoms. The molecule has 96 valence electrons.